The van der Waals surface area contributed by atoms with Gasteiger partial charge in [-0.3, -0.25) is 15.6 Å². The number of ether oxygens (including phenoxy) is 2. The molecule has 0 saturated heterocycles. The minimum absolute atomic E-state index is 0.272. The smallest absolute Gasteiger partial charge is 0.280 e. The van der Waals surface area contributed by atoms with E-state index in [-0.39, 0.29) is 11.1 Å². The predicted octanol–water partition coefficient (Wildman–Crippen LogP) is 3.24. The van der Waals surface area contributed by atoms with E-state index in [0.717, 1.165) is 0 Å². The van der Waals surface area contributed by atoms with E-state index in [2.05, 4.69) is 31.8 Å². The molecule has 0 aliphatic rings. The number of amides is 1. The monoisotopic (exact) mass is 457 g/mol. The van der Waals surface area contributed by atoms with Crippen LogP contribution in [0.1, 0.15) is 11.1 Å². The fourth-order valence-electron chi connectivity index (χ4n) is 2.97. The lowest BCUT2D eigenvalue weighted by molar-refractivity contribution is -0.136. The summed E-state index contributed by atoms with van der Waals surface area (Å²) in [5, 5.41) is 11.7. The molecule has 3 aromatic rings. The average Bonchev–Trinajstić information content (AvgIpc) is 2.76. The Morgan fingerprint density at radius 3 is 2.00 bits per heavy atom. The molecule has 150 valence electrons. The fourth-order valence-corrected chi connectivity index (χ4v) is 3.31. The quantitative estimate of drug-likeness (QED) is 0.372. The van der Waals surface area contributed by atoms with Crippen molar-refractivity contribution in [1.82, 2.24) is 10.4 Å². The topological polar surface area (TPSA) is 92.7 Å². The molecule has 0 spiro atoms. The Morgan fingerprint density at radius 2 is 1.48 bits per heavy atom. The SMILES string of the molecule is COc1ccccc1C(O)(C(=O)NNc1cccc(Br)n1)c1ccccc1OC. The van der Waals surface area contributed by atoms with Crippen molar-refractivity contribution in [3.63, 3.8) is 0 Å². The molecule has 8 heteroatoms. The zero-order valence-corrected chi connectivity index (χ0v) is 17.4. The first-order valence-electron chi connectivity index (χ1n) is 8.69. The first-order valence-corrected chi connectivity index (χ1v) is 9.48. The van der Waals surface area contributed by atoms with Gasteiger partial charge in [-0.2, -0.15) is 0 Å². The summed E-state index contributed by atoms with van der Waals surface area (Å²) in [6.07, 6.45) is 0. The molecule has 0 atom stereocenters. The van der Waals surface area contributed by atoms with Crippen LogP contribution >= 0.6 is 15.9 Å². The van der Waals surface area contributed by atoms with Crippen molar-refractivity contribution < 1.29 is 19.4 Å². The number of anilines is 1. The number of carbonyl (C=O) groups is 1. The summed E-state index contributed by atoms with van der Waals surface area (Å²) in [6, 6.07) is 18.7. The van der Waals surface area contributed by atoms with Gasteiger partial charge in [0.25, 0.3) is 5.91 Å². The Bertz CT molecular complexity index is 965. The van der Waals surface area contributed by atoms with Gasteiger partial charge in [0.1, 0.15) is 21.9 Å². The van der Waals surface area contributed by atoms with Crippen LogP contribution in [0.4, 0.5) is 5.82 Å². The van der Waals surface area contributed by atoms with Gasteiger partial charge in [0.05, 0.1) is 14.2 Å². The molecule has 3 rings (SSSR count). The Kier molecular flexibility index (Phi) is 6.36. The maximum Gasteiger partial charge on any atom is 0.280 e. The molecule has 0 saturated carbocycles. The molecule has 1 amide bonds. The molecule has 0 aliphatic heterocycles. The number of para-hydroxylation sites is 2. The van der Waals surface area contributed by atoms with Gasteiger partial charge in [-0.15, -0.1) is 0 Å². The summed E-state index contributed by atoms with van der Waals surface area (Å²) in [6.45, 7) is 0. The average molecular weight is 458 g/mol. The van der Waals surface area contributed by atoms with E-state index in [1.807, 2.05) is 0 Å². The van der Waals surface area contributed by atoms with E-state index in [4.69, 9.17) is 9.47 Å². The molecule has 0 unspecified atom stereocenters. The molecule has 7 nitrogen and oxygen atoms in total. The molecule has 1 heterocycles. The highest BCUT2D eigenvalue weighted by atomic mass is 79.9. The van der Waals surface area contributed by atoms with Crippen LogP contribution in [0.15, 0.2) is 71.3 Å². The minimum atomic E-state index is -2.10. The number of aromatic nitrogens is 1. The van der Waals surface area contributed by atoms with Gasteiger partial charge in [-0.25, -0.2) is 4.98 Å². The second kappa shape index (κ2) is 8.93. The Morgan fingerprint density at radius 1 is 0.931 bits per heavy atom. The highest BCUT2D eigenvalue weighted by Gasteiger charge is 2.44. The molecule has 0 aliphatic carbocycles. The van der Waals surface area contributed by atoms with Crippen LogP contribution in [-0.2, 0) is 10.4 Å². The third kappa shape index (κ3) is 4.18. The van der Waals surface area contributed by atoms with Crippen LogP contribution in [0.2, 0.25) is 0 Å². The highest BCUT2D eigenvalue weighted by molar-refractivity contribution is 9.10. The molecule has 1 aromatic heterocycles. The van der Waals surface area contributed by atoms with Crippen molar-refractivity contribution in [2.75, 3.05) is 19.6 Å². The summed E-state index contributed by atoms with van der Waals surface area (Å²) < 4.78 is 11.4. The largest absolute Gasteiger partial charge is 0.496 e. The Balaban J connectivity index is 2.06. The predicted molar refractivity (Wildman–Crippen MR) is 113 cm³/mol. The van der Waals surface area contributed by atoms with Crippen LogP contribution in [0, 0.1) is 0 Å². The lowest BCUT2D eigenvalue weighted by atomic mass is 9.84. The van der Waals surface area contributed by atoms with Gasteiger partial charge in [0, 0.05) is 11.1 Å². The van der Waals surface area contributed by atoms with Crippen molar-refractivity contribution in [3.05, 3.63) is 82.5 Å². The van der Waals surface area contributed by atoms with Gasteiger partial charge in [0.2, 0.25) is 5.60 Å². The number of aliphatic hydroxyl groups is 1. The van der Waals surface area contributed by atoms with E-state index >= 15 is 0 Å². The molecular weight excluding hydrogens is 438 g/mol. The van der Waals surface area contributed by atoms with Crippen molar-refractivity contribution in [2.45, 2.75) is 5.60 Å². The molecule has 0 radical (unpaired) electrons. The van der Waals surface area contributed by atoms with Crippen LogP contribution in [0.25, 0.3) is 0 Å². The lowest BCUT2D eigenvalue weighted by Gasteiger charge is -2.30. The van der Waals surface area contributed by atoms with E-state index in [1.54, 1.807) is 66.7 Å². The van der Waals surface area contributed by atoms with Gasteiger partial charge < -0.3 is 14.6 Å². The summed E-state index contributed by atoms with van der Waals surface area (Å²) in [5.41, 5.74) is 3.70. The molecular formula is C21H20BrN3O4. The van der Waals surface area contributed by atoms with Gasteiger partial charge in [-0.1, -0.05) is 42.5 Å². The number of pyridine rings is 1. The zero-order valence-electron chi connectivity index (χ0n) is 15.8. The van der Waals surface area contributed by atoms with Gasteiger partial charge >= 0.3 is 0 Å². The van der Waals surface area contributed by atoms with Crippen LogP contribution < -0.4 is 20.3 Å². The zero-order chi connectivity index (χ0) is 20.9. The number of hydrazine groups is 1. The maximum absolute atomic E-state index is 13.3. The van der Waals surface area contributed by atoms with Crippen molar-refractivity contribution in [3.8, 4) is 11.5 Å². The third-order valence-corrected chi connectivity index (χ3v) is 4.78. The second-order valence-electron chi connectivity index (χ2n) is 6.04. The summed E-state index contributed by atoms with van der Waals surface area (Å²) in [5.74, 6) is 0.386. The van der Waals surface area contributed by atoms with Crippen molar-refractivity contribution in [1.29, 1.82) is 0 Å². The Labute approximate surface area is 176 Å². The maximum atomic E-state index is 13.3. The number of methoxy groups -OCH3 is 2. The normalized spacial score (nSPS) is 10.9. The summed E-state index contributed by atoms with van der Waals surface area (Å²) >= 11 is 3.27. The molecule has 3 N–H and O–H groups in total. The fraction of sp³-hybridized carbons (Fsp3) is 0.143. The standard InChI is InChI=1S/C21H20BrN3O4/c1-28-16-10-5-3-8-14(16)21(27,15-9-4-6-11-17(15)29-2)20(26)25-24-19-13-7-12-18(22)23-19/h3-13,27H,1-2H3,(H,23,24)(H,25,26). The number of halogens is 1. The number of rotatable bonds is 7. The molecule has 2 aromatic carbocycles. The van der Waals surface area contributed by atoms with E-state index in [9.17, 15) is 9.90 Å². The van der Waals surface area contributed by atoms with Gasteiger partial charge in [-0.05, 0) is 40.2 Å². The molecule has 29 heavy (non-hydrogen) atoms. The number of hydrogen-bond donors (Lipinski definition) is 3. The highest BCUT2D eigenvalue weighted by Crippen LogP contribution is 2.40. The third-order valence-electron chi connectivity index (χ3n) is 4.34. The first-order chi connectivity index (χ1) is 14.0. The number of benzene rings is 2. The number of carbonyl (C=O) groups excluding carboxylic acids is 1. The number of hydrogen-bond acceptors (Lipinski definition) is 6. The summed E-state index contributed by atoms with van der Waals surface area (Å²) in [4.78, 5) is 17.5. The van der Waals surface area contributed by atoms with E-state index in [0.29, 0.717) is 21.9 Å². The minimum Gasteiger partial charge on any atom is -0.496 e. The lowest BCUT2D eigenvalue weighted by Crippen LogP contribution is -2.47. The van der Waals surface area contributed by atoms with E-state index < -0.39 is 11.5 Å². The van der Waals surface area contributed by atoms with Crippen LogP contribution in [0.5, 0.6) is 11.5 Å². The second-order valence-corrected chi connectivity index (χ2v) is 6.85. The molecule has 0 bridgehead atoms. The summed E-state index contributed by atoms with van der Waals surface area (Å²) in [7, 11) is 2.95. The van der Waals surface area contributed by atoms with Gasteiger partial charge in [0.15, 0.2) is 0 Å². The molecule has 0 fully saturated rings. The first kappa shape index (κ1) is 20.6. The van der Waals surface area contributed by atoms with Crippen molar-refractivity contribution >= 4 is 27.7 Å². The number of nitrogens with zero attached hydrogens (tertiary/aromatic N) is 1. The van der Waals surface area contributed by atoms with E-state index in [1.165, 1.54) is 14.2 Å². The Hall–Kier alpha value is -3.10. The van der Waals surface area contributed by atoms with Crippen LogP contribution in [-0.4, -0.2) is 30.2 Å². The number of nitrogens with one attached hydrogen (secondary N) is 2. The van der Waals surface area contributed by atoms with Crippen LogP contribution in [0.3, 0.4) is 0 Å². The van der Waals surface area contributed by atoms with Crippen molar-refractivity contribution in [2.24, 2.45) is 0 Å².